The summed E-state index contributed by atoms with van der Waals surface area (Å²) in [6, 6.07) is 0. The lowest BCUT2D eigenvalue weighted by atomic mass is 9.96. The lowest BCUT2D eigenvalue weighted by molar-refractivity contribution is -0.0950. The van der Waals surface area contributed by atoms with Crippen molar-refractivity contribution < 1.29 is 20.1 Å². The van der Waals surface area contributed by atoms with Crippen LogP contribution in [0.3, 0.4) is 0 Å². The number of aromatic nitrogens is 4. The van der Waals surface area contributed by atoms with Gasteiger partial charge in [-0.3, -0.25) is 4.57 Å². The summed E-state index contributed by atoms with van der Waals surface area (Å²) in [5, 5.41) is 29.9. The number of hydrogen-bond donors (Lipinski definition) is 3. The van der Waals surface area contributed by atoms with E-state index >= 15 is 0 Å². The first-order valence-corrected chi connectivity index (χ1v) is 6.89. The Hall–Kier alpha value is -1.81. The third-order valence-corrected chi connectivity index (χ3v) is 3.95. The molecule has 0 radical (unpaired) electrons. The first-order valence-electron chi connectivity index (χ1n) is 6.89. The molecule has 1 aliphatic heterocycles. The van der Waals surface area contributed by atoms with Gasteiger partial charge in [-0.25, -0.2) is 15.0 Å². The fraction of sp³-hybridized carbons (Fsp3) is 0.615. The quantitative estimate of drug-likeness (QED) is 0.654. The van der Waals surface area contributed by atoms with Crippen molar-refractivity contribution in [1.82, 2.24) is 19.5 Å². The van der Waals surface area contributed by atoms with Crippen molar-refractivity contribution >= 4 is 17.0 Å². The molecule has 22 heavy (non-hydrogen) atoms. The first kappa shape index (κ1) is 15.1. The average Bonchev–Trinajstić information content (AvgIpc) is 2.99. The molecule has 0 amide bonds. The maximum absolute atomic E-state index is 10.5. The van der Waals surface area contributed by atoms with Gasteiger partial charge < -0.3 is 25.0 Å². The van der Waals surface area contributed by atoms with Crippen LogP contribution in [-0.4, -0.2) is 73.3 Å². The minimum atomic E-state index is -1.58. The fourth-order valence-electron chi connectivity index (χ4n) is 2.73. The number of fused-ring (bicyclic) bond motifs is 1. The zero-order valence-corrected chi connectivity index (χ0v) is 12.6. The van der Waals surface area contributed by atoms with Crippen molar-refractivity contribution in [3.05, 3.63) is 12.7 Å². The molecule has 2 aromatic heterocycles. The molecule has 1 unspecified atom stereocenters. The number of ether oxygens (including phenoxy) is 1. The van der Waals surface area contributed by atoms with Gasteiger partial charge in [0.2, 0.25) is 0 Å². The van der Waals surface area contributed by atoms with Gasteiger partial charge in [-0.2, -0.15) is 0 Å². The Bertz CT molecular complexity index is 686. The molecule has 1 fully saturated rings. The summed E-state index contributed by atoms with van der Waals surface area (Å²) in [6.45, 7) is 1.07. The van der Waals surface area contributed by atoms with Crippen LogP contribution in [0.5, 0.6) is 0 Å². The molecule has 9 heteroatoms. The van der Waals surface area contributed by atoms with Crippen LogP contribution in [0, 0.1) is 0 Å². The summed E-state index contributed by atoms with van der Waals surface area (Å²) >= 11 is 0. The summed E-state index contributed by atoms with van der Waals surface area (Å²) in [5.41, 5.74) is -0.534. The zero-order chi connectivity index (χ0) is 16.1. The number of rotatable bonds is 3. The molecule has 2 aromatic rings. The molecule has 0 spiro atoms. The van der Waals surface area contributed by atoms with Gasteiger partial charge in [0.15, 0.2) is 23.2 Å². The average molecular weight is 309 g/mol. The minimum Gasteiger partial charge on any atom is -0.394 e. The highest BCUT2D eigenvalue weighted by Gasteiger charge is 2.53. The van der Waals surface area contributed by atoms with E-state index < -0.39 is 30.6 Å². The number of imidazole rings is 1. The fourth-order valence-corrected chi connectivity index (χ4v) is 2.73. The highest BCUT2D eigenvalue weighted by atomic mass is 16.6. The van der Waals surface area contributed by atoms with Gasteiger partial charge >= 0.3 is 0 Å². The van der Waals surface area contributed by atoms with E-state index in [4.69, 9.17) is 4.74 Å². The molecule has 9 nitrogen and oxygen atoms in total. The Morgan fingerprint density at radius 2 is 2.09 bits per heavy atom. The summed E-state index contributed by atoms with van der Waals surface area (Å²) < 4.78 is 7.13. The predicted molar refractivity (Wildman–Crippen MR) is 77.3 cm³/mol. The molecule has 1 aliphatic rings. The number of nitrogens with zero attached hydrogens (tertiary/aromatic N) is 5. The molecule has 1 saturated heterocycles. The monoisotopic (exact) mass is 309 g/mol. The lowest BCUT2D eigenvalue weighted by Crippen LogP contribution is -2.44. The number of aliphatic hydroxyl groups is 3. The van der Waals surface area contributed by atoms with Crippen LogP contribution in [0.25, 0.3) is 11.2 Å². The maximum atomic E-state index is 10.5. The number of hydrogen-bond acceptors (Lipinski definition) is 8. The van der Waals surface area contributed by atoms with Crippen LogP contribution >= 0.6 is 0 Å². The predicted octanol–water partition coefficient (Wildman–Crippen LogP) is -1.11. The van der Waals surface area contributed by atoms with Crippen LogP contribution in [0.15, 0.2) is 12.7 Å². The highest BCUT2D eigenvalue weighted by Crippen LogP contribution is 2.39. The molecule has 0 saturated carbocycles. The second kappa shape index (κ2) is 5.13. The Kier molecular flexibility index (Phi) is 3.52. The molecule has 120 valence electrons. The van der Waals surface area contributed by atoms with Crippen molar-refractivity contribution in [2.75, 3.05) is 25.6 Å². The van der Waals surface area contributed by atoms with Crippen LogP contribution in [0.1, 0.15) is 13.2 Å². The third-order valence-electron chi connectivity index (χ3n) is 3.95. The molecule has 0 bridgehead atoms. The molecule has 3 heterocycles. The lowest BCUT2D eigenvalue weighted by Gasteiger charge is -2.27. The van der Waals surface area contributed by atoms with E-state index in [1.54, 1.807) is 9.47 Å². The van der Waals surface area contributed by atoms with Gasteiger partial charge in [0.1, 0.15) is 24.1 Å². The topological polar surface area (TPSA) is 117 Å². The van der Waals surface area contributed by atoms with Crippen LogP contribution in [-0.2, 0) is 4.74 Å². The van der Waals surface area contributed by atoms with E-state index in [0.717, 1.165) is 0 Å². The van der Waals surface area contributed by atoms with E-state index in [-0.39, 0.29) is 0 Å². The van der Waals surface area contributed by atoms with Gasteiger partial charge in [0.25, 0.3) is 0 Å². The minimum absolute atomic E-state index is 0.390. The van der Waals surface area contributed by atoms with Gasteiger partial charge in [0, 0.05) is 14.1 Å². The summed E-state index contributed by atoms with van der Waals surface area (Å²) in [4.78, 5) is 14.5. The van der Waals surface area contributed by atoms with Gasteiger partial charge in [-0.05, 0) is 6.92 Å². The summed E-state index contributed by atoms with van der Waals surface area (Å²) in [6.07, 6.45) is -0.102. The molecular formula is C13H19N5O4. The van der Waals surface area contributed by atoms with E-state index in [2.05, 4.69) is 15.0 Å². The van der Waals surface area contributed by atoms with Crippen molar-refractivity contribution in [3.8, 4) is 0 Å². The molecule has 3 rings (SSSR count). The summed E-state index contributed by atoms with van der Waals surface area (Å²) in [7, 11) is 3.68. The second-order valence-electron chi connectivity index (χ2n) is 5.80. The van der Waals surface area contributed by atoms with Gasteiger partial charge in [0.05, 0.1) is 12.9 Å². The van der Waals surface area contributed by atoms with E-state index in [0.29, 0.717) is 17.0 Å². The Morgan fingerprint density at radius 3 is 2.68 bits per heavy atom. The van der Waals surface area contributed by atoms with E-state index in [9.17, 15) is 15.3 Å². The molecule has 3 N–H and O–H groups in total. The molecule has 0 aromatic carbocycles. The maximum Gasteiger partial charge on any atom is 0.168 e. The second-order valence-corrected chi connectivity index (χ2v) is 5.80. The van der Waals surface area contributed by atoms with Gasteiger partial charge in [-0.1, -0.05) is 0 Å². The Labute approximate surface area is 126 Å². The molecule has 0 aliphatic carbocycles. The standard InChI is InChI=1S/C13H19N5O4/c1-13(21)9(20)7(4-19)22-12(13)18-6-16-8-10(17(2)3)14-5-15-11(8)18/h5-7,9,12,19-21H,4H2,1-3H3/t7-,9+,12-,13?/m1/s1. The first-order chi connectivity index (χ1) is 10.4. The molecular weight excluding hydrogens is 290 g/mol. The van der Waals surface area contributed by atoms with Crippen molar-refractivity contribution in [3.63, 3.8) is 0 Å². The Balaban J connectivity index is 2.10. The Morgan fingerprint density at radius 1 is 1.36 bits per heavy atom. The highest BCUT2D eigenvalue weighted by molar-refractivity contribution is 5.83. The van der Waals surface area contributed by atoms with Crippen molar-refractivity contribution in [2.24, 2.45) is 0 Å². The largest absolute Gasteiger partial charge is 0.394 e. The van der Waals surface area contributed by atoms with Crippen LogP contribution in [0.4, 0.5) is 5.82 Å². The number of anilines is 1. The SMILES string of the molecule is CN(C)c1ncnc2c1ncn2[C@@H]1O[C@H](CO)[C@H](O)C1(C)O. The summed E-state index contributed by atoms with van der Waals surface area (Å²) in [5.74, 6) is 0.639. The normalized spacial score (nSPS) is 31.8. The van der Waals surface area contributed by atoms with Crippen molar-refractivity contribution in [1.29, 1.82) is 0 Å². The van der Waals surface area contributed by atoms with Gasteiger partial charge in [-0.15, -0.1) is 0 Å². The van der Waals surface area contributed by atoms with E-state index in [1.807, 2.05) is 14.1 Å². The molecule has 4 atom stereocenters. The van der Waals surface area contributed by atoms with E-state index in [1.165, 1.54) is 19.6 Å². The smallest absolute Gasteiger partial charge is 0.168 e. The third kappa shape index (κ3) is 2.05. The van der Waals surface area contributed by atoms with Crippen LogP contribution in [0.2, 0.25) is 0 Å². The van der Waals surface area contributed by atoms with Crippen LogP contribution < -0.4 is 4.90 Å². The number of aliphatic hydroxyl groups excluding tert-OH is 2. The zero-order valence-electron chi connectivity index (χ0n) is 12.6. The van der Waals surface area contributed by atoms with Crippen molar-refractivity contribution in [2.45, 2.75) is 31.0 Å².